The summed E-state index contributed by atoms with van der Waals surface area (Å²) in [5, 5.41) is 12.9. The summed E-state index contributed by atoms with van der Waals surface area (Å²) in [7, 11) is 0. The van der Waals surface area contributed by atoms with E-state index in [1.807, 2.05) is 6.07 Å². The molecule has 1 aromatic carbocycles. The van der Waals surface area contributed by atoms with E-state index in [1.165, 1.54) is 0 Å². The number of carbonyl (C=O) groups is 1. The van der Waals surface area contributed by atoms with Crippen LogP contribution in [0.25, 0.3) is 0 Å². The lowest BCUT2D eigenvalue weighted by molar-refractivity contribution is 0.103. The molecule has 3 nitrogen and oxygen atoms in total. The third-order valence-electron chi connectivity index (χ3n) is 2.94. The summed E-state index contributed by atoms with van der Waals surface area (Å²) >= 11 is 5.78. The highest BCUT2D eigenvalue weighted by molar-refractivity contribution is 6.30. The quantitative estimate of drug-likeness (QED) is 0.505. The lowest BCUT2D eigenvalue weighted by atomic mass is 9.98. The molecule has 2 rings (SSSR count). The van der Waals surface area contributed by atoms with Gasteiger partial charge in [0, 0.05) is 22.8 Å². The molecule has 1 heterocycles. The first-order valence-electron chi connectivity index (χ1n) is 5.90. The zero-order chi connectivity index (χ0) is 13.0. The topological polar surface area (TPSA) is 52.9 Å². The summed E-state index contributed by atoms with van der Waals surface area (Å²) in [5.41, 5.74) is 1.48. The molecule has 0 aliphatic carbocycles. The smallest absolute Gasteiger partial charge is 0.205 e. The molecule has 92 valence electrons. The number of piperidine rings is 1. The predicted octanol–water partition coefficient (Wildman–Crippen LogP) is 3.07. The van der Waals surface area contributed by atoms with Crippen LogP contribution in [0.1, 0.15) is 29.6 Å². The zero-order valence-electron chi connectivity index (χ0n) is 9.87. The van der Waals surface area contributed by atoms with E-state index in [0.29, 0.717) is 10.6 Å². The van der Waals surface area contributed by atoms with Crippen LogP contribution in [0.5, 0.6) is 0 Å². The summed E-state index contributed by atoms with van der Waals surface area (Å²) in [6, 6.07) is 8.62. The van der Waals surface area contributed by atoms with Crippen LogP contribution >= 0.6 is 11.6 Å². The SMILES string of the molecule is N#C/C(C(=O)c1ccc(Cl)cc1)=C1/CCCCN1. The molecule has 0 bridgehead atoms. The monoisotopic (exact) mass is 260 g/mol. The molecular weight excluding hydrogens is 248 g/mol. The van der Waals surface area contributed by atoms with E-state index in [-0.39, 0.29) is 11.4 Å². The maximum absolute atomic E-state index is 12.2. The van der Waals surface area contributed by atoms with E-state index >= 15 is 0 Å². The lowest BCUT2D eigenvalue weighted by Crippen LogP contribution is -2.23. The van der Waals surface area contributed by atoms with E-state index in [1.54, 1.807) is 24.3 Å². The second kappa shape index (κ2) is 5.70. The number of ketones is 1. The molecule has 0 unspecified atom stereocenters. The van der Waals surface area contributed by atoms with Crippen LogP contribution in [0.2, 0.25) is 5.02 Å². The van der Waals surface area contributed by atoms with Crippen molar-refractivity contribution in [3.63, 3.8) is 0 Å². The van der Waals surface area contributed by atoms with Gasteiger partial charge in [0.2, 0.25) is 5.78 Å². The molecule has 1 saturated heterocycles. The lowest BCUT2D eigenvalue weighted by Gasteiger charge is -2.17. The predicted molar refractivity (Wildman–Crippen MR) is 70.3 cm³/mol. The first-order valence-corrected chi connectivity index (χ1v) is 6.27. The highest BCUT2D eigenvalue weighted by Gasteiger charge is 2.18. The van der Waals surface area contributed by atoms with Crippen molar-refractivity contribution in [2.45, 2.75) is 19.3 Å². The van der Waals surface area contributed by atoms with Gasteiger partial charge < -0.3 is 5.32 Å². The Morgan fingerprint density at radius 3 is 2.56 bits per heavy atom. The minimum Gasteiger partial charge on any atom is -0.387 e. The van der Waals surface area contributed by atoms with Crippen molar-refractivity contribution in [2.75, 3.05) is 6.54 Å². The number of halogens is 1. The number of benzene rings is 1. The number of allylic oxidation sites excluding steroid dienone is 2. The van der Waals surface area contributed by atoms with E-state index in [2.05, 4.69) is 5.32 Å². The van der Waals surface area contributed by atoms with Crippen LogP contribution in [0.4, 0.5) is 0 Å². The molecule has 0 amide bonds. The Bertz CT molecular complexity index is 518. The summed E-state index contributed by atoms with van der Waals surface area (Å²) in [6.07, 6.45) is 2.86. The minimum absolute atomic E-state index is 0.219. The first kappa shape index (κ1) is 12.7. The number of carbonyl (C=O) groups excluding carboxylic acids is 1. The normalized spacial score (nSPS) is 17.6. The molecule has 4 heteroatoms. The van der Waals surface area contributed by atoms with Crippen molar-refractivity contribution >= 4 is 17.4 Å². The van der Waals surface area contributed by atoms with Crippen LogP contribution in [-0.4, -0.2) is 12.3 Å². The van der Waals surface area contributed by atoms with Gasteiger partial charge in [-0.25, -0.2) is 0 Å². The highest BCUT2D eigenvalue weighted by atomic mass is 35.5. The van der Waals surface area contributed by atoms with Crippen LogP contribution in [0.15, 0.2) is 35.5 Å². The molecule has 0 spiro atoms. The molecule has 1 aliphatic rings. The summed E-state index contributed by atoms with van der Waals surface area (Å²) in [6.45, 7) is 0.828. The van der Waals surface area contributed by atoms with Crippen molar-refractivity contribution in [2.24, 2.45) is 0 Å². The van der Waals surface area contributed by atoms with Gasteiger partial charge >= 0.3 is 0 Å². The number of nitriles is 1. The Labute approximate surface area is 111 Å². The van der Waals surface area contributed by atoms with Crippen molar-refractivity contribution in [3.8, 4) is 6.07 Å². The Hall–Kier alpha value is -1.79. The molecule has 1 fully saturated rings. The van der Waals surface area contributed by atoms with Gasteiger partial charge in [-0.1, -0.05) is 11.6 Å². The van der Waals surface area contributed by atoms with Gasteiger partial charge in [0.25, 0.3) is 0 Å². The molecule has 1 aromatic rings. The van der Waals surface area contributed by atoms with Crippen LogP contribution in [-0.2, 0) is 0 Å². The van der Waals surface area contributed by atoms with E-state index < -0.39 is 0 Å². The molecule has 18 heavy (non-hydrogen) atoms. The standard InChI is InChI=1S/C14H13ClN2O/c15-11-6-4-10(5-7-11)14(18)12(9-16)13-3-1-2-8-17-13/h4-7,17H,1-3,8H2/b13-12+. The van der Waals surface area contributed by atoms with Gasteiger partial charge in [-0.2, -0.15) is 5.26 Å². The van der Waals surface area contributed by atoms with Gasteiger partial charge in [0.15, 0.2) is 0 Å². The fraction of sp³-hybridized carbons (Fsp3) is 0.286. The number of hydrogen-bond acceptors (Lipinski definition) is 3. The van der Waals surface area contributed by atoms with Gasteiger partial charge in [-0.05, 0) is 43.5 Å². The second-order valence-corrected chi connectivity index (χ2v) is 4.62. The summed E-state index contributed by atoms with van der Waals surface area (Å²) in [4.78, 5) is 12.2. The zero-order valence-corrected chi connectivity index (χ0v) is 10.6. The van der Waals surface area contributed by atoms with Gasteiger partial charge in [0.05, 0.1) is 0 Å². The van der Waals surface area contributed by atoms with Gasteiger partial charge in [0.1, 0.15) is 11.6 Å². The maximum Gasteiger partial charge on any atom is 0.205 e. The summed E-state index contributed by atoms with van der Waals surface area (Å²) < 4.78 is 0. The first-order chi connectivity index (χ1) is 8.72. The number of hydrogen-bond donors (Lipinski definition) is 1. The number of rotatable bonds is 2. The number of nitrogens with zero attached hydrogens (tertiary/aromatic N) is 1. The third kappa shape index (κ3) is 2.72. The number of Topliss-reactive ketones (excluding diaryl/α,β-unsaturated/α-hetero) is 1. The summed E-state index contributed by atoms with van der Waals surface area (Å²) in [5.74, 6) is -0.237. The Morgan fingerprint density at radius 1 is 1.28 bits per heavy atom. The number of nitrogens with one attached hydrogen (secondary N) is 1. The minimum atomic E-state index is -0.237. The Balaban J connectivity index is 2.31. The Morgan fingerprint density at radius 2 is 2.00 bits per heavy atom. The Kier molecular flexibility index (Phi) is 4.01. The third-order valence-corrected chi connectivity index (χ3v) is 3.19. The molecule has 0 radical (unpaired) electrons. The van der Waals surface area contributed by atoms with E-state index in [0.717, 1.165) is 31.5 Å². The van der Waals surface area contributed by atoms with Crippen molar-refractivity contribution < 1.29 is 4.79 Å². The van der Waals surface area contributed by atoms with Crippen LogP contribution in [0, 0.1) is 11.3 Å². The average molecular weight is 261 g/mol. The highest BCUT2D eigenvalue weighted by Crippen LogP contribution is 2.19. The molecule has 1 aliphatic heterocycles. The largest absolute Gasteiger partial charge is 0.387 e. The van der Waals surface area contributed by atoms with Crippen LogP contribution in [0.3, 0.4) is 0 Å². The molecular formula is C14H13ClN2O. The van der Waals surface area contributed by atoms with Gasteiger partial charge in [-0.3, -0.25) is 4.79 Å². The molecule has 0 saturated carbocycles. The molecule has 0 atom stereocenters. The molecule has 1 N–H and O–H groups in total. The van der Waals surface area contributed by atoms with Crippen molar-refractivity contribution in [1.29, 1.82) is 5.26 Å². The van der Waals surface area contributed by atoms with Crippen LogP contribution < -0.4 is 5.32 Å². The fourth-order valence-electron chi connectivity index (χ4n) is 1.97. The van der Waals surface area contributed by atoms with Crippen molar-refractivity contribution in [3.05, 3.63) is 46.1 Å². The van der Waals surface area contributed by atoms with E-state index in [4.69, 9.17) is 16.9 Å². The molecule has 0 aromatic heterocycles. The maximum atomic E-state index is 12.2. The fourth-order valence-corrected chi connectivity index (χ4v) is 2.09. The van der Waals surface area contributed by atoms with Gasteiger partial charge in [-0.15, -0.1) is 0 Å². The second-order valence-electron chi connectivity index (χ2n) is 4.19. The van der Waals surface area contributed by atoms with Crippen molar-refractivity contribution in [1.82, 2.24) is 5.32 Å². The van der Waals surface area contributed by atoms with E-state index in [9.17, 15) is 4.79 Å². The average Bonchev–Trinajstić information content (AvgIpc) is 2.41.